The number of hydrogen-bond donors (Lipinski definition) is 1. The van der Waals surface area contributed by atoms with E-state index in [4.69, 9.17) is 4.74 Å². The number of rotatable bonds is 7. The van der Waals surface area contributed by atoms with Crippen LogP contribution < -0.4 is 10.1 Å². The van der Waals surface area contributed by atoms with Gasteiger partial charge in [-0.15, -0.1) is 0 Å². The molecule has 3 heteroatoms. The van der Waals surface area contributed by atoms with Crippen molar-refractivity contribution < 1.29 is 9.53 Å². The molecule has 0 spiro atoms. The average Bonchev–Trinajstić information content (AvgIpc) is 3.27. The summed E-state index contributed by atoms with van der Waals surface area (Å²) in [7, 11) is 1.70. The summed E-state index contributed by atoms with van der Waals surface area (Å²) in [4.78, 5) is 12.6. The van der Waals surface area contributed by atoms with Crippen molar-refractivity contribution in [3.05, 3.63) is 29.8 Å². The number of carbonyl (C=O) groups is 1. The zero-order valence-electron chi connectivity index (χ0n) is 14.4. The monoisotopic (exact) mass is 315 g/mol. The Morgan fingerprint density at radius 3 is 2.91 bits per heavy atom. The van der Waals surface area contributed by atoms with Crippen molar-refractivity contribution >= 4 is 5.91 Å². The van der Waals surface area contributed by atoms with Crippen LogP contribution in [0.3, 0.4) is 0 Å². The Labute approximate surface area is 139 Å². The average molecular weight is 315 g/mol. The van der Waals surface area contributed by atoms with Crippen LogP contribution in [0.15, 0.2) is 24.3 Å². The topological polar surface area (TPSA) is 38.3 Å². The Balaban J connectivity index is 1.56. The number of nitrogens with one attached hydrogen (secondary N) is 1. The van der Waals surface area contributed by atoms with Crippen LogP contribution in [0.25, 0.3) is 0 Å². The van der Waals surface area contributed by atoms with Crippen molar-refractivity contribution in [2.75, 3.05) is 7.11 Å². The van der Waals surface area contributed by atoms with Crippen molar-refractivity contribution in [1.29, 1.82) is 0 Å². The van der Waals surface area contributed by atoms with Gasteiger partial charge in [-0.2, -0.15) is 0 Å². The highest BCUT2D eigenvalue weighted by Crippen LogP contribution is 2.50. The predicted molar refractivity (Wildman–Crippen MR) is 92.6 cm³/mol. The Morgan fingerprint density at radius 1 is 1.30 bits per heavy atom. The summed E-state index contributed by atoms with van der Waals surface area (Å²) in [6.07, 6.45) is 8.46. The van der Waals surface area contributed by atoms with Crippen LogP contribution in [-0.4, -0.2) is 19.1 Å². The van der Waals surface area contributed by atoms with Crippen molar-refractivity contribution in [1.82, 2.24) is 5.32 Å². The molecule has 1 aromatic rings. The highest BCUT2D eigenvalue weighted by atomic mass is 16.5. The molecule has 1 amide bonds. The molecule has 2 saturated carbocycles. The molecule has 23 heavy (non-hydrogen) atoms. The highest BCUT2D eigenvalue weighted by molar-refractivity contribution is 5.83. The van der Waals surface area contributed by atoms with Crippen LogP contribution in [0.1, 0.15) is 63.4 Å². The predicted octanol–water partition coefficient (Wildman–Crippen LogP) is 4.27. The molecule has 0 aromatic heterocycles. The van der Waals surface area contributed by atoms with Crippen molar-refractivity contribution in [3.8, 4) is 5.75 Å². The molecule has 0 radical (unpaired) electrons. The van der Waals surface area contributed by atoms with E-state index in [1.54, 1.807) is 7.11 Å². The molecule has 2 aliphatic rings. The van der Waals surface area contributed by atoms with Crippen LogP contribution >= 0.6 is 0 Å². The first kappa shape index (κ1) is 16.4. The lowest BCUT2D eigenvalue weighted by Crippen LogP contribution is -2.38. The lowest BCUT2D eigenvalue weighted by atomic mass is 9.96. The van der Waals surface area contributed by atoms with E-state index in [0.717, 1.165) is 18.6 Å². The third-order valence-electron chi connectivity index (χ3n) is 5.58. The first-order chi connectivity index (χ1) is 11.2. The number of methoxy groups -OCH3 is 1. The van der Waals surface area contributed by atoms with Crippen molar-refractivity contribution in [2.24, 2.45) is 11.8 Å². The maximum atomic E-state index is 12.6. The molecule has 0 aliphatic heterocycles. The number of unbranched alkanes of at least 4 members (excludes halogenated alkanes) is 1. The van der Waals surface area contributed by atoms with E-state index in [-0.39, 0.29) is 11.8 Å². The van der Waals surface area contributed by atoms with Crippen LogP contribution in [0, 0.1) is 11.8 Å². The fraction of sp³-hybridized carbons (Fsp3) is 0.650. The van der Waals surface area contributed by atoms with Gasteiger partial charge in [0.1, 0.15) is 5.75 Å². The Hall–Kier alpha value is -1.51. The summed E-state index contributed by atoms with van der Waals surface area (Å²) in [5, 5.41) is 3.36. The second kappa shape index (κ2) is 7.37. The maximum Gasteiger partial charge on any atom is 0.223 e. The molecular weight excluding hydrogens is 286 g/mol. The molecule has 0 bridgehead atoms. The van der Waals surface area contributed by atoms with Gasteiger partial charge < -0.3 is 10.1 Å². The van der Waals surface area contributed by atoms with Gasteiger partial charge in [-0.05, 0) is 49.1 Å². The molecular formula is C20H29NO2. The molecule has 3 nitrogen and oxygen atoms in total. The van der Waals surface area contributed by atoms with E-state index in [9.17, 15) is 4.79 Å². The second-order valence-corrected chi connectivity index (χ2v) is 7.14. The second-order valence-electron chi connectivity index (χ2n) is 7.14. The van der Waals surface area contributed by atoms with E-state index >= 15 is 0 Å². The van der Waals surface area contributed by atoms with E-state index in [1.165, 1.54) is 37.7 Å². The van der Waals surface area contributed by atoms with Crippen LogP contribution in [0.2, 0.25) is 0 Å². The van der Waals surface area contributed by atoms with Crippen molar-refractivity contribution in [2.45, 2.75) is 63.8 Å². The quantitative estimate of drug-likeness (QED) is 0.816. The van der Waals surface area contributed by atoms with Gasteiger partial charge in [-0.1, -0.05) is 44.4 Å². The van der Waals surface area contributed by atoms with Gasteiger partial charge >= 0.3 is 0 Å². The van der Waals surface area contributed by atoms with Gasteiger partial charge in [-0.3, -0.25) is 4.79 Å². The fourth-order valence-corrected chi connectivity index (χ4v) is 4.13. The Bertz CT molecular complexity index is 542. The molecule has 0 saturated heterocycles. The zero-order chi connectivity index (χ0) is 16.2. The SMILES string of the molecule is CCCCC1CCCC1NC(=O)C1CC1c1ccccc1OC. The summed E-state index contributed by atoms with van der Waals surface area (Å²) in [5.41, 5.74) is 1.18. The Kier molecular flexibility index (Phi) is 5.24. The number of para-hydroxylation sites is 1. The number of amides is 1. The molecule has 4 unspecified atom stereocenters. The summed E-state index contributed by atoms with van der Waals surface area (Å²) >= 11 is 0. The number of carbonyl (C=O) groups excluding carboxylic acids is 1. The maximum absolute atomic E-state index is 12.6. The molecule has 2 fully saturated rings. The standard InChI is InChI=1S/C20H29NO2/c1-3-4-8-14-9-7-11-18(14)21-20(22)17-13-16(17)15-10-5-6-12-19(15)23-2/h5-6,10,12,14,16-18H,3-4,7-9,11,13H2,1-2H3,(H,21,22). The van der Waals surface area contributed by atoms with E-state index < -0.39 is 0 Å². The summed E-state index contributed by atoms with van der Waals surface area (Å²) in [6, 6.07) is 8.50. The van der Waals surface area contributed by atoms with Crippen LogP contribution in [0.4, 0.5) is 0 Å². The summed E-state index contributed by atoms with van der Waals surface area (Å²) in [5.74, 6) is 2.34. The minimum atomic E-state index is 0.138. The van der Waals surface area contributed by atoms with Crippen LogP contribution in [-0.2, 0) is 4.79 Å². The lowest BCUT2D eigenvalue weighted by Gasteiger charge is -2.21. The molecule has 0 heterocycles. The molecule has 126 valence electrons. The largest absolute Gasteiger partial charge is 0.496 e. The molecule has 3 rings (SSSR count). The summed E-state index contributed by atoms with van der Waals surface area (Å²) in [6.45, 7) is 2.24. The third-order valence-corrected chi connectivity index (χ3v) is 5.58. The minimum Gasteiger partial charge on any atom is -0.496 e. The molecule has 1 N–H and O–H groups in total. The molecule has 1 aromatic carbocycles. The molecule has 4 atom stereocenters. The normalized spacial score (nSPS) is 29.3. The number of benzene rings is 1. The first-order valence-corrected chi connectivity index (χ1v) is 9.17. The van der Waals surface area contributed by atoms with Gasteiger partial charge in [0.2, 0.25) is 5.91 Å². The lowest BCUT2D eigenvalue weighted by molar-refractivity contribution is -0.123. The van der Waals surface area contributed by atoms with E-state index in [2.05, 4.69) is 18.3 Å². The summed E-state index contributed by atoms with van der Waals surface area (Å²) < 4.78 is 5.44. The van der Waals surface area contributed by atoms with Gasteiger partial charge in [0.25, 0.3) is 0 Å². The van der Waals surface area contributed by atoms with Gasteiger partial charge in [0.05, 0.1) is 7.11 Å². The Morgan fingerprint density at radius 2 is 2.13 bits per heavy atom. The zero-order valence-corrected chi connectivity index (χ0v) is 14.4. The smallest absolute Gasteiger partial charge is 0.223 e. The fourth-order valence-electron chi connectivity index (χ4n) is 4.13. The highest BCUT2D eigenvalue weighted by Gasteiger charge is 2.46. The van der Waals surface area contributed by atoms with E-state index in [1.807, 2.05) is 18.2 Å². The molecule has 2 aliphatic carbocycles. The third kappa shape index (κ3) is 3.70. The number of ether oxygens (including phenoxy) is 1. The van der Waals surface area contributed by atoms with Gasteiger partial charge in [-0.25, -0.2) is 0 Å². The first-order valence-electron chi connectivity index (χ1n) is 9.17. The number of hydrogen-bond acceptors (Lipinski definition) is 2. The van der Waals surface area contributed by atoms with Gasteiger partial charge in [0, 0.05) is 12.0 Å². The van der Waals surface area contributed by atoms with Crippen molar-refractivity contribution in [3.63, 3.8) is 0 Å². The van der Waals surface area contributed by atoms with Gasteiger partial charge in [0.15, 0.2) is 0 Å². The minimum absolute atomic E-state index is 0.138. The van der Waals surface area contributed by atoms with Crippen LogP contribution in [0.5, 0.6) is 5.75 Å². The van der Waals surface area contributed by atoms with E-state index in [0.29, 0.717) is 17.9 Å².